The van der Waals surface area contributed by atoms with Crippen molar-refractivity contribution in [2.24, 2.45) is 0 Å². The van der Waals surface area contributed by atoms with Gasteiger partial charge in [-0.1, -0.05) is 0 Å². The van der Waals surface area contributed by atoms with E-state index in [1.54, 1.807) is 4.90 Å². The molecule has 0 unspecified atom stereocenters. The molecule has 2 bridgehead atoms. The third-order valence-corrected chi connectivity index (χ3v) is 7.44. The molecule has 5 heterocycles. The number of amides is 2. The molecule has 2 N–H and O–H groups in total. The molecule has 10 nitrogen and oxygen atoms in total. The molecule has 2 amide bonds. The van der Waals surface area contributed by atoms with Crippen LogP contribution < -0.4 is 20.3 Å². The van der Waals surface area contributed by atoms with Gasteiger partial charge in [-0.15, -0.1) is 0 Å². The second-order valence-electron chi connectivity index (χ2n) is 9.94. The van der Waals surface area contributed by atoms with Gasteiger partial charge in [0.1, 0.15) is 17.4 Å². The lowest BCUT2D eigenvalue weighted by atomic mass is 9.98. The Morgan fingerprint density at radius 3 is 2.76 bits per heavy atom. The van der Waals surface area contributed by atoms with Crippen molar-refractivity contribution in [2.45, 2.75) is 31.2 Å². The Kier molecular flexibility index (Phi) is 6.15. The number of nitrogens with zero attached hydrogens (tertiary/aromatic N) is 5. The number of halogens is 1. The number of piperidine rings is 1. The van der Waals surface area contributed by atoms with E-state index in [2.05, 4.69) is 21.6 Å². The Labute approximate surface area is 213 Å². The monoisotopic (exact) mass is 507 g/mol. The highest BCUT2D eigenvalue weighted by atomic mass is 19.1. The summed E-state index contributed by atoms with van der Waals surface area (Å²) in [6.45, 7) is 2.96. The van der Waals surface area contributed by atoms with Crippen molar-refractivity contribution in [1.82, 2.24) is 30.1 Å². The number of carbonyl (C=O) groups is 2. The molecule has 2 aromatic heterocycles. The fraction of sp³-hybridized carbons (Fsp3) is 0.462. The van der Waals surface area contributed by atoms with E-state index in [9.17, 15) is 14.0 Å². The second kappa shape index (κ2) is 9.62. The maximum atomic E-state index is 14.2. The molecule has 0 radical (unpaired) electrons. The Morgan fingerprint density at radius 1 is 1.08 bits per heavy atom. The Hall–Kier alpha value is -3.73. The van der Waals surface area contributed by atoms with Gasteiger partial charge in [-0.3, -0.25) is 9.59 Å². The average molecular weight is 508 g/mol. The molecule has 194 valence electrons. The molecule has 0 saturated carbocycles. The summed E-state index contributed by atoms with van der Waals surface area (Å²) in [6.07, 6.45) is 2.54. The normalized spacial score (nSPS) is 21.3. The number of hydrogen-bond donors (Lipinski definition) is 2. The molecule has 0 spiro atoms. The van der Waals surface area contributed by atoms with Gasteiger partial charge in [-0.25, -0.2) is 9.37 Å². The van der Waals surface area contributed by atoms with Gasteiger partial charge >= 0.3 is 0 Å². The predicted octanol–water partition coefficient (Wildman–Crippen LogP) is 1.87. The zero-order valence-electron chi connectivity index (χ0n) is 20.7. The first-order valence-electron chi connectivity index (χ1n) is 12.8. The summed E-state index contributed by atoms with van der Waals surface area (Å²) in [5.41, 5.74) is 2.59. The maximum Gasteiger partial charge on any atom is 0.258 e. The molecule has 2 saturated heterocycles. The van der Waals surface area contributed by atoms with Gasteiger partial charge in [0, 0.05) is 57.8 Å². The minimum Gasteiger partial charge on any atom is -0.483 e. The topological polar surface area (TPSA) is 104 Å². The number of carbonyl (C=O) groups excluding carboxylic acids is 2. The van der Waals surface area contributed by atoms with Gasteiger partial charge in [0.2, 0.25) is 0 Å². The third-order valence-electron chi connectivity index (χ3n) is 7.44. The van der Waals surface area contributed by atoms with Crippen molar-refractivity contribution >= 4 is 23.3 Å². The zero-order valence-corrected chi connectivity index (χ0v) is 20.7. The summed E-state index contributed by atoms with van der Waals surface area (Å²) in [5, 5.41) is 11.1. The van der Waals surface area contributed by atoms with Crippen LogP contribution in [0.1, 0.15) is 53.0 Å². The van der Waals surface area contributed by atoms with Crippen molar-refractivity contribution in [3.63, 3.8) is 0 Å². The molecule has 3 aliphatic rings. The summed E-state index contributed by atoms with van der Waals surface area (Å²) in [4.78, 5) is 35.0. The fourth-order valence-corrected chi connectivity index (χ4v) is 5.24. The molecule has 0 aliphatic carbocycles. The quantitative estimate of drug-likeness (QED) is 0.518. The van der Waals surface area contributed by atoms with Gasteiger partial charge in [-0.05, 0) is 37.5 Å². The van der Waals surface area contributed by atoms with Gasteiger partial charge in [0.25, 0.3) is 11.8 Å². The molecular formula is C26H30FN7O3. The first-order valence-corrected chi connectivity index (χ1v) is 12.8. The molecule has 3 aliphatic heterocycles. The van der Waals surface area contributed by atoms with Crippen LogP contribution in [0.25, 0.3) is 5.65 Å². The molecule has 2 fully saturated rings. The number of anilines is 1. The number of fused-ring (bicyclic) bond motifs is 4. The van der Waals surface area contributed by atoms with Crippen molar-refractivity contribution in [3.8, 4) is 5.75 Å². The molecule has 6 rings (SSSR count). The van der Waals surface area contributed by atoms with Crippen LogP contribution in [0.4, 0.5) is 10.2 Å². The van der Waals surface area contributed by atoms with E-state index < -0.39 is 5.82 Å². The lowest BCUT2D eigenvalue weighted by Crippen LogP contribution is -2.41. The lowest BCUT2D eigenvalue weighted by molar-refractivity contribution is -0.123. The third kappa shape index (κ3) is 4.48. The summed E-state index contributed by atoms with van der Waals surface area (Å²) < 4.78 is 21.8. The molecule has 37 heavy (non-hydrogen) atoms. The van der Waals surface area contributed by atoms with Crippen LogP contribution in [-0.4, -0.2) is 77.7 Å². The highest BCUT2D eigenvalue weighted by Crippen LogP contribution is 2.35. The number of benzene rings is 1. The average Bonchev–Trinajstić information content (AvgIpc) is 3.29. The minimum absolute atomic E-state index is 0.105. The van der Waals surface area contributed by atoms with E-state index in [4.69, 9.17) is 14.8 Å². The number of nitrogens with one attached hydrogen (secondary N) is 2. The standard InChI is InChI=1S/C26H30FN7O3/c1-32-9-7-29-24(35)15-37-22-6-5-17(27)10-18(22)26(36)33-8-3-2-4-21(33)20-11-23-30-19(16-13-28-14-16)12-25(32)34(23)31-20/h5-6,10-12,16,21,28H,2-4,7-9,13-15H2,1H3,(H,29,35)/t21-/m0/s1. The van der Waals surface area contributed by atoms with Gasteiger partial charge < -0.3 is 25.2 Å². The molecule has 3 aromatic rings. The lowest BCUT2D eigenvalue weighted by Gasteiger charge is -2.35. The van der Waals surface area contributed by atoms with Gasteiger partial charge in [0.15, 0.2) is 12.3 Å². The first kappa shape index (κ1) is 23.7. The highest BCUT2D eigenvalue weighted by molar-refractivity contribution is 5.97. The van der Waals surface area contributed by atoms with Crippen LogP contribution in [-0.2, 0) is 4.79 Å². The van der Waals surface area contributed by atoms with Crippen molar-refractivity contribution < 1.29 is 18.7 Å². The van der Waals surface area contributed by atoms with E-state index in [1.807, 2.05) is 17.6 Å². The van der Waals surface area contributed by atoms with Crippen molar-refractivity contribution in [1.29, 1.82) is 0 Å². The number of ether oxygens (including phenoxy) is 1. The van der Waals surface area contributed by atoms with Crippen molar-refractivity contribution in [2.75, 3.05) is 51.3 Å². The van der Waals surface area contributed by atoms with Gasteiger partial charge in [0.05, 0.1) is 23.0 Å². The van der Waals surface area contributed by atoms with E-state index in [0.29, 0.717) is 25.6 Å². The number of likely N-dealkylation sites (N-methyl/N-ethyl adjacent to an activating group) is 1. The van der Waals surface area contributed by atoms with Crippen molar-refractivity contribution in [3.05, 3.63) is 53.1 Å². The van der Waals surface area contributed by atoms with E-state index >= 15 is 0 Å². The predicted molar refractivity (Wildman–Crippen MR) is 134 cm³/mol. The second-order valence-corrected chi connectivity index (χ2v) is 9.94. The minimum atomic E-state index is -0.536. The van der Waals surface area contributed by atoms with E-state index in [0.717, 1.165) is 55.2 Å². The van der Waals surface area contributed by atoms with Crippen LogP contribution in [0.3, 0.4) is 0 Å². The first-order chi connectivity index (χ1) is 18.0. The van der Waals surface area contributed by atoms with E-state index in [-0.39, 0.29) is 35.8 Å². The zero-order chi connectivity index (χ0) is 25.5. The number of rotatable bonds is 1. The van der Waals surface area contributed by atoms with Crippen LogP contribution in [0, 0.1) is 5.82 Å². The largest absolute Gasteiger partial charge is 0.483 e. The smallest absolute Gasteiger partial charge is 0.258 e. The Morgan fingerprint density at radius 2 is 1.95 bits per heavy atom. The molecule has 1 aromatic carbocycles. The van der Waals surface area contributed by atoms with Crippen LogP contribution in [0.5, 0.6) is 5.75 Å². The highest BCUT2D eigenvalue weighted by Gasteiger charge is 2.33. The Balaban J connectivity index is 1.47. The van der Waals surface area contributed by atoms with Crippen LogP contribution >= 0.6 is 0 Å². The summed E-state index contributed by atoms with van der Waals surface area (Å²) >= 11 is 0. The summed E-state index contributed by atoms with van der Waals surface area (Å²) in [5.74, 6) is 0.202. The molecule has 1 atom stereocenters. The SMILES string of the molecule is CN1CCNC(=O)COc2ccc(F)cc2C(=O)N2CCCC[C@H]2c2cc3nc(C4CNC4)cc1n3n2. The van der Waals surface area contributed by atoms with Gasteiger partial charge in [-0.2, -0.15) is 9.61 Å². The summed E-state index contributed by atoms with van der Waals surface area (Å²) in [6, 6.07) is 7.57. The van der Waals surface area contributed by atoms with Crippen LogP contribution in [0.2, 0.25) is 0 Å². The summed E-state index contributed by atoms with van der Waals surface area (Å²) in [7, 11) is 1.96. The molecular weight excluding hydrogens is 477 g/mol. The van der Waals surface area contributed by atoms with Crippen LogP contribution in [0.15, 0.2) is 30.3 Å². The number of aromatic nitrogens is 3. The fourth-order valence-electron chi connectivity index (χ4n) is 5.24. The van der Waals surface area contributed by atoms with E-state index in [1.165, 1.54) is 18.2 Å². The maximum absolute atomic E-state index is 14.2. The number of hydrogen-bond acceptors (Lipinski definition) is 7. The molecule has 11 heteroatoms. The Bertz CT molecular complexity index is 1360.